The van der Waals surface area contributed by atoms with Crippen LogP contribution in [-0.4, -0.2) is 41.1 Å². The fraction of sp³-hybridized carbons (Fsp3) is 0.393. The van der Waals surface area contributed by atoms with Gasteiger partial charge in [-0.3, -0.25) is 9.59 Å². The number of amides is 2. The molecule has 0 unspecified atom stereocenters. The van der Waals surface area contributed by atoms with E-state index in [4.69, 9.17) is 4.74 Å². The second kappa shape index (κ2) is 11.6. The lowest BCUT2D eigenvalue weighted by atomic mass is 9.82. The van der Waals surface area contributed by atoms with Gasteiger partial charge in [0, 0.05) is 28.7 Å². The number of esters is 1. The minimum absolute atomic E-state index is 0.0374. The lowest BCUT2D eigenvalue weighted by Crippen LogP contribution is -2.42. The first-order valence-corrected chi connectivity index (χ1v) is 13.3. The first-order valence-electron chi connectivity index (χ1n) is 12.5. The standard InChI is InChI=1S/C28H32N4O4S/c1-17(2)32(27(34)20-9-7-18(3)8-10-20)23-16-24(37-25(23)28(35)36-4)19-11-13-21(14-12-19)30-26(33)22-6-5-15-29-31-22/h5-6,11-18,20H,7-10H2,1-4H3,(H,30,33). The van der Waals surface area contributed by atoms with Crippen molar-refractivity contribution in [3.8, 4) is 10.4 Å². The molecule has 9 heteroatoms. The van der Waals surface area contributed by atoms with E-state index < -0.39 is 5.97 Å². The van der Waals surface area contributed by atoms with Gasteiger partial charge in [0.05, 0.1) is 12.8 Å². The molecule has 0 aliphatic heterocycles. The molecule has 0 saturated heterocycles. The van der Waals surface area contributed by atoms with E-state index in [1.165, 1.54) is 24.6 Å². The number of carbonyl (C=O) groups is 3. The Morgan fingerprint density at radius 3 is 2.38 bits per heavy atom. The SMILES string of the molecule is COC(=O)c1sc(-c2ccc(NC(=O)c3cccnn3)cc2)cc1N(C(=O)C1CCC(C)CC1)C(C)C. The monoisotopic (exact) mass is 520 g/mol. The molecule has 8 nitrogen and oxygen atoms in total. The predicted octanol–water partition coefficient (Wildman–Crippen LogP) is 5.81. The number of hydrogen-bond donors (Lipinski definition) is 1. The molecule has 1 aliphatic rings. The van der Waals surface area contributed by atoms with Crippen LogP contribution in [0.5, 0.6) is 0 Å². The number of carbonyl (C=O) groups excluding carboxylic acids is 3. The van der Waals surface area contributed by atoms with E-state index in [1.807, 2.05) is 32.0 Å². The highest BCUT2D eigenvalue weighted by Crippen LogP contribution is 2.40. The van der Waals surface area contributed by atoms with Gasteiger partial charge in [-0.15, -0.1) is 16.4 Å². The molecule has 0 radical (unpaired) electrons. The van der Waals surface area contributed by atoms with Crippen LogP contribution in [0, 0.1) is 11.8 Å². The van der Waals surface area contributed by atoms with Crippen molar-refractivity contribution < 1.29 is 19.1 Å². The van der Waals surface area contributed by atoms with Gasteiger partial charge in [-0.25, -0.2) is 4.79 Å². The molecule has 3 aromatic rings. The van der Waals surface area contributed by atoms with Crippen LogP contribution in [0.3, 0.4) is 0 Å². The van der Waals surface area contributed by atoms with Crippen molar-refractivity contribution in [2.45, 2.75) is 52.5 Å². The zero-order valence-electron chi connectivity index (χ0n) is 21.6. The summed E-state index contributed by atoms with van der Waals surface area (Å²) in [6.45, 7) is 6.17. The lowest BCUT2D eigenvalue weighted by Gasteiger charge is -2.33. The molecule has 0 spiro atoms. The van der Waals surface area contributed by atoms with Crippen molar-refractivity contribution in [1.29, 1.82) is 0 Å². The number of nitrogens with one attached hydrogen (secondary N) is 1. The Bertz CT molecular complexity index is 1250. The third-order valence-electron chi connectivity index (χ3n) is 6.69. The van der Waals surface area contributed by atoms with Crippen LogP contribution in [0.2, 0.25) is 0 Å². The largest absolute Gasteiger partial charge is 0.465 e. The zero-order chi connectivity index (χ0) is 26.5. The van der Waals surface area contributed by atoms with Crippen molar-refractivity contribution in [2.75, 3.05) is 17.3 Å². The number of aromatic nitrogens is 2. The van der Waals surface area contributed by atoms with Gasteiger partial charge in [0.2, 0.25) is 5.91 Å². The molecule has 0 bridgehead atoms. The molecule has 2 heterocycles. The summed E-state index contributed by atoms with van der Waals surface area (Å²) in [5.41, 5.74) is 2.28. The van der Waals surface area contributed by atoms with Crippen molar-refractivity contribution in [2.24, 2.45) is 11.8 Å². The molecule has 4 rings (SSSR count). The zero-order valence-corrected chi connectivity index (χ0v) is 22.4. The summed E-state index contributed by atoms with van der Waals surface area (Å²) in [6.07, 6.45) is 5.33. The number of anilines is 2. The maximum atomic E-state index is 13.6. The highest BCUT2D eigenvalue weighted by Gasteiger charge is 2.33. The summed E-state index contributed by atoms with van der Waals surface area (Å²) >= 11 is 1.30. The maximum Gasteiger partial charge on any atom is 0.350 e. The number of ether oxygens (including phenoxy) is 1. The van der Waals surface area contributed by atoms with E-state index in [-0.39, 0.29) is 29.5 Å². The Kier molecular flexibility index (Phi) is 8.33. The summed E-state index contributed by atoms with van der Waals surface area (Å²) < 4.78 is 5.08. The van der Waals surface area contributed by atoms with Crippen LogP contribution in [0.15, 0.2) is 48.7 Å². The number of methoxy groups -OCH3 is 1. The first kappa shape index (κ1) is 26.5. The molecular formula is C28H32N4O4S. The topological polar surface area (TPSA) is 101 Å². The Balaban J connectivity index is 1.61. The minimum Gasteiger partial charge on any atom is -0.465 e. The lowest BCUT2D eigenvalue weighted by molar-refractivity contribution is -0.123. The second-order valence-corrected chi connectivity index (χ2v) is 10.8. The van der Waals surface area contributed by atoms with Crippen molar-refractivity contribution in [1.82, 2.24) is 10.2 Å². The molecule has 1 saturated carbocycles. The van der Waals surface area contributed by atoms with Gasteiger partial charge < -0.3 is 15.0 Å². The molecule has 2 aromatic heterocycles. The van der Waals surface area contributed by atoms with E-state index >= 15 is 0 Å². The maximum absolute atomic E-state index is 13.6. The highest BCUT2D eigenvalue weighted by molar-refractivity contribution is 7.18. The average Bonchev–Trinajstić information content (AvgIpc) is 3.34. The minimum atomic E-state index is -0.463. The van der Waals surface area contributed by atoms with Crippen LogP contribution in [0.1, 0.15) is 66.6 Å². The number of thiophene rings is 1. The summed E-state index contributed by atoms with van der Waals surface area (Å²) in [5.74, 6) is -0.142. The van der Waals surface area contributed by atoms with Crippen LogP contribution in [0.4, 0.5) is 11.4 Å². The summed E-state index contributed by atoms with van der Waals surface area (Å²) in [6, 6.07) is 12.3. The van der Waals surface area contributed by atoms with Gasteiger partial charge in [0.25, 0.3) is 5.91 Å². The smallest absolute Gasteiger partial charge is 0.350 e. The molecular weight excluding hydrogens is 488 g/mol. The summed E-state index contributed by atoms with van der Waals surface area (Å²) in [5, 5.41) is 10.4. The van der Waals surface area contributed by atoms with Crippen LogP contribution in [0.25, 0.3) is 10.4 Å². The van der Waals surface area contributed by atoms with E-state index in [0.717, 1.165) is 36.1 Å². The predicted molar refractivity (Wildman–Crippen MR) is 145 cm³/mol. The van der Waals surface area contributed by atoms with Crippen molar-refractivity contribution in [3.63, 3.8) is 0 Å². The molecule has 1 aromatic carbocycles. The van der Waals surface area contributed by atoms with Crippen LogP contribution < -0.4 is 10.2 Å². The normalized spacial score (nSPS) is 17.3. The Labute approximate surface area is 221 Å². The molecule has 194 valence electrons. The van der Waals surface area contributed by atoms with Crippen LogP contribution in [-0.2, 0) is 9.53 Å². The first-order chi connectivity index (χ1) is 17.8. The Morgan fingerprint density at radius 1 is 1.08 bits per heavy atom. The van der Waals surface area contributed by atoms with Gasteiger partial charge in [-0.05, 0) is 81.3 Å². The fourth-order valence-corrected chi connectivity index (χ4v) is 5.71. The summed E-state index contributed by atoms with van der Waals surface area (Å²) in [7, 11) is 1.35. The summed E-state index contributed by atoms with van der Waals surface area (Å²) in [4.78, 5) is 41.8. The second-order valence-electron chi connectivity index (χ2n) is 9.72. The number of benzene rings is 1. The Morgan fingerprint density at radius 2 is 1.78 bits per heavy atom. The van der Waals surface area contributed by atoms with E-state index in [9.17, 15) is 14.4 Å². The quantitative estimate of drug-likeness (QED) is 0.395. The molecule has 0 atom stereocenters. The van der Waals surface area contributed by atoms with Gasteiger partial charge in [0.15, 0.2) is 5.69 Å². The number of nitrogens with zero attached hydrogens (tertiary/aromatic N) is 3. The van der Waals surface area contributed by atoms with E-state index in [1.54, 1.807) is 29.2 Å². The van der Waals surface area contributed by atoms with Gasteiger partial charge in [0.1, 0.15) is 4.88 Å². The van der Waals surface area contributed by atoms with Crippen LogP contribution >= 0.6 is 11.3 Å². The molecule has 1 aliphatic carbocycles. The molecule has 2 amide bonds. The fourth-order valence-electron chi connectivity index (χ4n) is 4.63. The van der Waals surface area contributed by atoms with Gasteiger partial charge in [-0.1, -0.05) is 19.1 Å². The highest BCUT2D eigenvalue weighted by atomic mass is 32.1. The number of hydrogen-bond acceptors (Lipinski definition) is 7. The number of rotatable bonds is 7. The van der Waals surface area contributed by atoms with Gasteiger partial charge >= 0.3 is 5.97 Å². The van der Waals surface area contributed by atoms with Crippen molar-refractivity contribution >= 4 is 40.5 Å². The van der Waals surface area contributed by atoms with E-state index in [0.29, 0.717) is 22.2 Å². The molecule has 37 heavy (non-hydrogen) atoms. The van der Waals surface area contributed by atoms with E-state index in [2.05, 4.69) is 22.4 Å². The van der Waals surface area contributed by atoms with Crippen molar-refractivity contribution in [3.05, 3.63) is 59.2 Å². The molecule has 1 N–H and O–H groups in total. The third-order valence-corrected chi connectivity index (χ3v) is 7.85. The van der Waals surface area contributed by atoms with Gasteiger partial charge in [-0.2, -0.15) is 5.10 Å². The molecule has 1 fully saturated rings. The average molecular weight is 521 g/mol. The third kappa shape index (κ3) is 6.05. The Hall–Kier alpha value is -3.59.